The van der Waals surface area contributed by atoms with Gasteiger partial charge in [0.1, 0.15) is 12.4 Å². The van der Waals surface area contributed by atoms with Crippen LogP contribution in [0.4, 0.5) is 0 Å². The van der Waals surface area contributed by atoms with E-state index in [1.54, 1.807) is 0 Å². The number of nitrogens with one attached hydrogen (secondary N) is 1. The summed E-state index contributed by atoms with van der Waals surface area (Å²) in [5, 5.41) is 3.41. The molecule has 20 heavy (non-hydrogen) atoms. The Labute approximate surface area is 122 Å². The third-order valence-electron chi connectivity index (χ3n) is 3.95. The first-order valence-corrected chi connectivity index (χ1v) is 7.78. The van der Waals surface area contributed by atoms with Gasteiger partial charge in [0.15, 0.2) is 0 Å². The molecular weight excluding hydrogens is 250 g/mol. The highest BCUT2D eigenvalue weighted by Crippen LogP contribution is 2.20. The van der Waals surface area contributed by atoms with Gasteiger partial charge in [0, 0.05) is 30.5 Å². The van der Waals surface area contributed by atoms with Crippen molar-refractivity contribution in [1.29, 1.82) is 0 Å². The molecule has 2 heterocycles. The highest BCUT2D eigenvalue weighted by molar-refractivity contribution is 5.30. The van der Waals surface area contributed by atoms with Gasteiger partial charge < -0.3 is 15.0 Å². The molecule has 1 aliphatic heterocycles. The molecule has 1 aliphatic rings. The van der Waals surface area contributed by atoms with E-state index in [4.69, 9.17) is 4.74 Å². The predicted octanol–water partition coefficient (Wildman–Crippen LogP) is 2.44. The van der Waals surface area contributed by atoms with Gasteiger partial charge in [-0.3, -0.25) is 4.98 Å². The summed E-state index contributed by atoms with van der Waals surface area (Å²) in [5.41, 5.74) is 1.15. The SMILES string of the molecule is CCCNCc1cnccc1OCC1CCCCN1C. The molecule has 4 nitrogen and oxygen atoms in total. The van der Waals surface area contributed by atoms with Gasteiger partial charge in [-0.2, -0.15) is 0 Å². The molecule has 0 spiro atoms. The first-order valence-electron chi connectivity index (χ1n) is 7.78. The molecule has 0 radical (unpaired) electrons. The second-order valence-electron chi connectivity index (χ2n) is 5.60. The average molecular weight is 277 g/mol. The van der Waals surface area contributed by atoms with Crippen molar-refractivity contribution in [1.82, 2.24) is 15.2 Å². The van der Waals surface area contributed by atoms with E-state index < -0.39 is 0 Å². The van der Waals surface area contributed by atoms with E-state index in [-0.39, 0.29) is 0 Å². The van der Waals surface area contributed by atoms with Crippen molar-refractivity contribution >= 4 is 0 Å². The minimum Gasteiger partial charge on any atom is -0.492 e. The van der Waals surface area contributed by atoms with Crippen molar-refractivity contribution < 1.29 is 4.74 Å². The summed E-state index contributed by atoms with van der Waals surface area (Å²) in [5.74, 6) is 0.975. The molecule has 1 aromatic rings. The molecule has 0 aromatic carbocycles. The van der Waals surface area contributed by atoms with E-state index in [0.717, 1.165) is 37.4 Å². The molecule has 0 saturated carbocycles. The van der Waals surface area contributed by atoms with Crippen molar-refractivity contribution in [3.05, 3.63) is 24.0 Å². The Morgan fingerprint density at radius 2 is 2.35 bits per heavy atom. The van der Waals surface area contributed by atoms with Crippen LogP contribution in [-0.2, 0) is 6.54 Å². The second-order valence-corrected chi connectivity index (χ2v) is 5.60. The number of rotatable bonds is 7. The van der Waals surface area contributed by atoms with Crippen LogP contribution in [0, 0.1) is 0 Å². The largest absolute Gasteiger partial charge is 0.492 e. The van der Waals surface area contributed by atoms with Gasteiger partial charge in [-0.1, -0.05) is 13.3 Å². The van der Waals surface area contributed by atoms with Crippen LogP contribution in [0.2, 0.25) is 0 Å². The van der Waals surface area contributed by atoms with Gasteiger partial charge in [-0.25, -0.2) is 0 Å². The number of likely N-dealkylation sites (tertiary alicyclic amines) is 1. The maximum atomic E-state index is 6.06. The highest BCUT2D eigenvalue weighted by Gasteiger charge is 2.19. The maximum Gasteiger partial charge on any atom is 0.126 e. The van der Waals surface area contributed by atoms with Crippen LogP contribution in [0.3, 0.4) is 0 Å². The molecule has 1 N–H and O–H groups in total. The maximum absolute atomic E-state index is 6.06. The number of likely N-dealkylation sites (N-methyl/N-ethyl adjacent to an activating group) is 1. The third-order valence-corrected chi connectivity index (χ3v) is 3.95. The number of hydrogen-bond acceptors (Lipinski definition) is 4. The fourth-order valence-electron chi connectivity index (χ4n) is 2.63. The molecule has 0 aliphatic carbocycles. The van der Waals surface area contributed by atoms with Crippen LogP contribution in [0.1, 0.15) is 38.2 Å². The zero-order chi connectivity index (χ0) is 14.2. The van der Waals surface area contributed by atoms with Crippen LogP contribution in [0.5, 0.6) is 5.75 Å². The summed E-state index contributed by atoms with van der Waals surface area (Å²) in [6.07, 6.45) is 8.73. The number of pyridine rings is 1. The summed E-state index contributed by atoms with van der Waals surface area (Å²) >= 11 is 0. The molecule has 112 valence electrons. The van der Waals surface area contributed by atoms with E-state index in [1.807, 2.05) is 18.5 Å². The van der Waals surface area contributed by atoms with Gasteiger partial charge in [-0.05, 0) is 45.5 Å². The van der Waals surface area contributed by atoms with Crippen molar-refractivity contribution in [2.45, 2.75) is 45.2 Å². The smallest absolute Gasteiger partial charge is 0.126 e. The summed E-state index contributed by atoms with van der Waals surface area (Å²) in [4.78, 5) is 6.62. The normalized spacial score (nSPS) is 20.0. The Kier molecular flexibility index (Phi) is 6.27. The second kappa shape index (κ2) is 8.22. The van der Waals surface area contributed by atoms with E-state index >= 15 is 0 Å². The zero-order valence-electron chi connectivity index (χ0n) is 12.8. The summed E-state index contributed by atoms with van der Waals surface area (Å²) in [7, 11) is 2.20. The first kappa shape index (κ1) is 15.3. The average Bonchev–Trinajstić information content (AvgIpc) is 2.48. The number of hydrogen-bond donors (Lipinski definition) is 1. The summed E-state index contributed by atoms with van der Waals surface area (Å²) in [6, 6.07) is 2.53. The minimum absolute atomic E-state index is 0.549. The van der Waals surface area contributed by atoms with E-state index in [2.05, 4.69) is 29.2 Å². The van der Waals surface area contributed by atoms with Crippen LogP contribution in [0.25, 0.3) is 0 Å². The molecule has 0 amide bonds. The standard InChI is InChI=1S/C16H27N3O/c1-3-8-17-11-14-12-18-9-7-16(14)20-13-15-6-4-5-10-19(15)2/h7,9,12,15,17H,3-6,8,10-11,13H2,1-2H3. The number of nitrogens with zero attached hydrogens (tertiary/aromatic N) is 2. The van der Waals surface area contributed by atoms with Crippen molar-refractivity contribution in [3.8, 4) is 5.75 Å². The molecule has 1 aromatic heterocycles. The predicted molar refractivity (Wildman–Crippen MR) is 82.0 cm³/mol. The van der Waals surface area contributed by atoms with Crippen LogP contribution in [0.15, 0.2) is 18.5 Å². The van der Waals surface area contributed by atoms with Crippen molar-refractivity contribution in [3.63, 3.8) is 0 Å². The van der Waals surface area contributed by atoms with Crippen LogP contribution < -0.4 is 10.1 Å². The lowest BCUT2D eigenvalue weighted by molar-refractivity contribution is 0.124. The highest BCUT2D eigenvalue weighted by atomic mass is 16.5. The fraction of sp³-hybridized carbons (Fsp3) is 0.688. The third kappa shape index (κ3) is 4.46. The molecular formula is C16H27N3O. The van der Waals surface area contributed by atoms with E-state index in [1.165, 1.54) is 25.8 Å². The summed E-state index contributed by atoms with van der Waals surface area (Å²) < 4.78 is 6.06. The molecule has 4 heteroatoms. The van der Waals surface area contributed by atoms with Gasteiger partial charge in [0.05, 0.1) is 0 Å². The lowest BCUT2D eigenvalue weighted by atomic mass is 10.0. The molecule has 1 unspecified atom stereocenters. The quantitative estimate of drug-likeness (QED) is 0.777. The van der Waals surface area contributed by atoms with Crippen LogP contribution in [-0.4, -0.2) is 42.7 Å². The lowest BCUT2D eigenvalue weighted by Gasteiger charge is -2.32. The Hall–Kier alpha value is -1.13. The number of piperidine rings is 1. The van der Waals surface area contributed by atoms with E-state index in [9.17, 15) is 0 Å². The van der Waals surface area contributed by atoms with E-state index in [0.29, 0.717) is 6.04 Å². The molecule has 1 fully saturated rings. The molecule has 0 bridgehead atoms. The Morgan fingerprint density at radius 3 is 3.15 bits per heavy atom. The van der Waals surface area contributed by atoms with Gasteiger partial charge >= 0.3 is 0 Å². The Balaban J connectivity index is 1.88. The Bertz CT molecular complexity index is 397. The van der Waals surface area contributed by atoms with Crippen molar-refractivity contribution in [2.24, 2.45) is 0 Å². The minimum atomic E-state index is 0.549. The molecule has 1 atom stereocenters. The number of ether oxygens (including phenoxy) is 1. The monoisotopic (exact) mass is 277 g/mol. The molecule has 1 saturated heterocycles. The van der Waals surface area contributed by atoms with Gasteiger partial charge in [0.25, 0.3) is 0 Å². The zero-order valence-corrected chi connectivity index (χ0v) is 12.8. The lowest BCUT2D eigenvalue weighted by Crippen LogP contribution is -2.40. The number of aromatic nitrogens is 1. The fourth-order valence-corrected chi connectivity index (χ4v) is 2.63. The molecule has 2 rings (SSSR count). The Morgan fingerprint density at radius 1 is 1.45 bits per heavy atom. The van der Waals surface area contributed by atoms with Gasteiger partial charge in [0.2, 0.25) is 0 Å². The summed E-state index contributed by atoms with van der Waals surface area (Å²) in [6.45, 7) is 6.00. The first-order chi connectivity index (χ1) is 9.81. The van der Waals surface area contributed by atoms with Gasteiger partial charge in [-0.15, -0.1) is 0 Å². The van der Waals surface area contributed by atoms with Crippen LogP contribution >= 0.6 is 0 Å². The topological polar surface area (TPSA) is 37.4 Å². The van der Waals surface area contributed by atoms with Crippen molar-refractivity contribution in [2.75, 3.05) is 26.7 Å².